The number of esters is 1. The molecule has 0 unspecified atom stereocenters. The smallest absolute Gasteiger partial charge is 0.870 e. The summed E-state index contributed by atoms with van der Waals surface area (Å²) in [6.45, 7) is 3.79. The Morgan fingerprint density at radius 1 is 0.897 bits per heavy atom. The van der Waals surface area contributed by atoms with E-state index in [1.54, 1.807) is 13.8 Å². The number of ether oxygens (including phenoxy) is 1. The van der Waals surface area contributed by atoms with Crippen LogP contribution in [-0.2, 0) is 22.7 Å². The van der Waals surface area contributed by atoms with E-state index in [4.69, 9.17) is 5.11 Å². The largest absolute Gasteiger partial charge is 1.00 e. The molecule has 2 N–H and O–H groups in total. The van der Waals surface area contributed by atoms with Gasteiger partial charge in [-0.05, 0) is 43.2 Å². The Kier molecular flexibility index (Phi) is 19.8. The predicted octanol–water partition coefficient (Wildman–Crippen LogP) is 2.20. The Labute approximate surface area is 191 Å². The molecule has 4 nitrogen and oxygen atoms in total. The minimum absolute atomic E-state index is 0. The molecule has 2 aromatic rings. The zero-order chi connectivity index (χ0) is 19.1. The Morgan fingerprint density at radius 2 is 1.28 bits per heavy atom. The summed E-state index contributed by atoms with van der Waals surface area (Å²) in [5.41, 5.74) is 1.25. The zero-order valence-electron chi connectivity index (χ0n) is 15.4. The molecule has 0 spiro atoms. The number of hydrogen-bond donors (Lipinski definition) is 1. The van der Waals surface area contributed by atoms with Gasteiger partial charge in [0.25, 0.3) is 0 Å². The maximum absolute atomic E-state index is 13.1. The third kappa shape index (κ3) is 11.3. The summed E-state index contributed by atoms with van der Waals surface area (Å²) in [5, 5.41) is 8.56. The van der Waals surface area contributed by atoms with E-state index in [0.717, 1.165) is 12.1 Å². The van der Waals surface area contributed by atoms with Crippen LogP contribution in [0.2, 0.25) is 0 Å². The Morgan fingerprint density at radius 3 is 1.66 bits per heavy atom. The maximum Gasteiger partial charge on any atom is 1.00 e. The molecule has 0 aliphatic carbocycles. The van der Waals surface area contributed by atoms with Crippen molar-refractivity contribution in [2.75, 3.05) is 0 Å². The second-order valence-electron chi connectivity index (χ2n) is 5.38. The van der Waals surface area contributed by atoms with E-state index in [1.807, 2.05) is 0 Å². The number of hydrogen-bond acceptors (Lipinski definition) is 4. The van der Waals surface area contributed by atoms with E-state index in [1.165, 1.54) is 19.1 Å². The van der Waals surface area contributed by atoms with Crippen molar-refractivity contribution >= 4 is 5.97 Å². The van der Waals surface area contributed by atoms with Crippen molar-refractivity contribution in [1.29, 1.82) is 0 Å². The minimum atomic E-state index is -0.961. The fraction of sp³-hybridized carbons (Fsp3) is 0.350. The van der Waals surface area contributed by atoms with Gasteiger partial charge in [-0.2, -0.15) is 0 Å². The topological polar surface area (TPSA) is 76.5 Å². The number of aliphatic hydroxyl groups is 1. The van der Waals surface area contributed by atoms with E-state index in [9.17, 15) is 22.4 Å². The van der Waals surface area contributed by atoms with Crippen molar-refractivity contribution in [2.24, 2.45) is 0 Å². The summed E-state index contributed by atoms with van der Waals surface area (Å²) in [6, 6.07) is 5.04. The normalized spacial score (nSPS) is 8.69. The number of aliphatic hydroxyl groups excluding tert-OH is 1. The molecule has 29 heavy (non-hydrogen) atoms. The van der Waals surface area contributed by atoms with Crippen LogP contribution in [0.3, 0.4) is 0 Å². The standard InChI is InChI=1S/C10H10F2O2.C8H8F2O.2CH4.Na.H2O/c1-6-3-8(5-14-7(2)13)10(12)9(11)4-6;1-5-2-6(4-11)8(10)7(9)3-5;;;;/h3-4H,5H2,1-2H3;2-3,11H,4H2,1H3;2*1H4;;1H2/q;;;;+1;/p-1. The maximum atomic E-state index is 13.1. The summed E-state index contributed by atoms with van der Waals surface area (Å²) >= 11 is 0. The molecule has 0 aliphatic heterocycles. The first kappa shape index (κ1) is 35.0. The molecule has 0 saturated heterocycles. The van der Waals surface area contributed by atoms with E-state index in [-0.39, 0.29) is 67.6 Å². The molecule has 0 amide bonds. The summed E-state index contributed by atoms with van der Waals surface area (Å²) in [6.07, 6.45) is 0. The van der Waals surface area contributed by atoms with E-state index in [0.29, 0.717) is 11.1 Å². The van der Waals surface area contributed by atoms with Crippen molar-refractivity contribution in [3.63, 3.8) is 0 Å². The molecule has 0 saturated carbocycles. The van der Waals surface area contributed by atoms with Gasteiger partial charge in [-0.15, -0.1) is 0 Å². The van der Waals surface area contributed by atoms with Crippen molar-refractivity contribution in [3.05, 3.63) is 69.8 Å². The summed E-state index contributed by atoms with van der Waals surface area (Å²) in [7, 11) is 0. The molecular formula is C20H27F4NaO4. The second-order valence-corrected chi connectivity index (χ2v) is 5.38. The molecule has 0 aliphatic rings. The Balaban J connectivity index is -0.000000193. The number of benzene rings is 2. The van der Waals surface area contributed by atoms with Gasteiger partial charge < -0.3 is 15.3 Å². The van der Waals surface area contributed by atoms with Crippen molar-refractivity contribution in [2.45, 2.75) is 48.8 Å². The molecule has 2 aromatic carbocycles. The monoisotopic (exact) mass is 430 g/mol. The van der Waals surface area contributed by atoms with Crippen LogP contribution in [0.5, 0.6) is 0 Å². The predicted molar refractivity (Wildman–Crippen MR) is 99.0 cm³/mol. The first-order valence-corrected chi connectivity index (χ1v) is 7.29. The van der Waals surface area contributed by atoms with Crippen LogP contribution in [0, 0.1) is 37.1 Å². The van der Waals surface area contributed by atoms with Crippen LogP contribution < -0.4 is 29.6 Å². The first-order chi connectivity index (χ1) is 11.6. The number of aryl methyl sites for hydroxylation is 2. The number of halogens is 4. The van der Waals surface area contributed by atoms with Gasteiger partial charge >= 0.3 is 35.5 Å². The Bertz CT molecular complexity index is 771. The third-order valence-electron chi connectivity index (χ3n) is 3.10. The SMILES string of the molecule is C.C.CC(=O)OCc1cc(C)cc(F)c1F.Cc1cc(F)c(F)c(CO)c1.[Na+].[OH-]. The fourth-order valence-electron chi connectivity index (χ4n) is 1.99. The zero-order valence-corrected chi connectivity index (χ0v) is 17.4. The average Bonchev–Trinajstić information content (AvgIpc) is 2.53. The molecule has 9 heteroatoms. The van der Waals surface area contributed by atoms with Gasteiger partial charge in [0, 0.05) is 18.1 Å². The van der Waals surface area contributed by atoms with Gasteiger partial charge in [-0.1, -0.05) is 20.9 Å². The molecule has 0 heterocycles. The first-order valence-electron chi connectivity index (χ1n) is 7.29. The van der Waals surface area contributed by atoms with Gasteiger partial charge in [0.2, 0.25) is 0 Å². The van der Waals surface area contributed by atoms with Crippen molar-refractivity contribution in [1.82, 2.24) is 0 Å². The quantitative estimate of drug-likeness (QED) is 0.460. The van der Waals surface area contributed by atoms with Gasteiger partial charge in [-0.3, -0.25) is 4.79 Å². The van der Waals surface area contributed by atoms with Crippen LogP contribution in [0.15, 0.2) is 24.3 Å². The number of carbonyl (C=O) groups excluding carboxylic acids is 1. The summed E-state index contributed by atoms with van der Waals surface area (Å²) in [4.78, 5) is 10.5. The molecular weight excluding hydrogens is 403 g/mol. The van der Waals surface area contributed by atoms with Crippen molar-refractivity contribution in [3.8, 4) is 0 Å². The van der Waals surface area contributed by atoms with E-state index >= 15 is 0 Å². The molecule has 2 rings (SSSR count). The molecule has 0 fully saturated rings. The number of rotatable bonds is 3. The molecule has 0 radical (unpaired) electrons. The van der Waals surface area contributed by atoms with Gasteiger partial charge in [0.1, 0.15) is 6.61 Å². The second kappa shape index (κ2) is 16.4. The van der Waals surface area contributed by atoms with Crippen LogP contribution >= 0.6 is 0 Å². The van der Waals surface area contributed by atoms with E-state index < -0.39 is 35.8 Å². The van der Waals surface area contributed by atoms with Crippen LogP contribution in [0.4, 0.5) is 17.6 Å². The minimum Gasteiger partial charge on any atom is -0.870 e. The van der Waals surface area contributed by atoms with Crippen LogP contribution in [0.1, 0.15) is 44.0 Å². The van der Waals surface area contributed by atoms with E-state index in [2.05, 4.69) is 4.74 Å². The average molecular weight is 430 g/mol. The van der Waals surface area contributed by atoms with Gasteiger partial charge in [0.15, 0.2) is 23.3 Å². The molecule has 0 atom stereocenters. The Hall–Kier alpha value is -1.45. The van der Waals surface area contributed by atoms with Gasteiger partial charge in [-0.25, -0.2) is 17.6 Å². The van der Waals surface area contributed by atoms with Crippen LogP contribution in [0.25, 0.3) is 0 Å². The molecule has 160 valence electrons. The summed E-state index contributed by atoms with van der Waals surface area (Å²) in [5.74, 6) is -4.28. The van der Waals surface area contributed by atoms with Crippen LogP contribution in [-0.4, -0.2) is 16.6 Å². The van der Waals surface area contributed by atoms with Gasteiger partial charge in [0.05, 0.1) is 6.61 Å². The molecule has 0 bridgehead atoms. The summed E-state index contributed by atoms with van der Waals surface area (Å²) < 4.78 is 55.7. The fourth-order valence-corrected chi connectivity index (χ4v) is 1.99. The molecule has 0 aromatic heterocycles. The van der Waals surface area contributed by atoms with Crippen molar-refractivity contribution < 1.29 is 67.2 Å². The third-order valence-corrected chi connectivity index (χ3v) is 3.10. The number of carbonyl (C=O) groups is 1.